The average molecular weight is 233 g/mol. The van der Waals surface area contributed by atoms with Crippen LogP contribution in [0, 0.1) is 13.8 Å². The van der Waals surface area contributed by atoms with E-state index in [0.29, 0.717) is 12.3 Å². The Morgan fingerprint density at radius 2 is 1.83 bits per heavy atom. The van der Waals surface area contributed by atoms with Crippen molar-refractivity contribution in [1.82, 2.24) is 0 Å². The lowest BCUT2D eigenvalue weighted by Crippen LogP contribution is -2.46. The highest BCUT2D eigenvalue weighted by Crippen LogP contribution is 2.15. The molecule has 0 bridgehead atoms. The van der Waals surface area contributed by atoms with Crippen LogP contribution in [0.15, 0.2) is 4.99 Å². The average Bonchev–Trinajstić information content (AvgIpc) is 2.25. The van der Waals surface area contributed by atoms with Crippen LogP contribution >= 0.6 is 0 Å². The zero-order valence-electron chi connectivity index (χ0n) is 12.8. The zero-order valence-corrected chi connectivity index (χ0v) is 12.8. The molecule has 0 amide bonds. The van der Waals surface area contributed by atoms with Gasteiger partial charge in [-0.05, 0) is 26.3 Å². The summed E-state index contributed by atoms with van der Waals surface area (Å²) in [4.78, 5) is 4.57. The summed E-state index contributed by atoms with van der Waals surface area (Å²) in [6, 6.07) is 0. The number of hydrogen-bond acceptors (Lipinski definition) is 1. The lowest BCUT2D eigenvalue weighted by atomic mass is 9.16. The summed E-state index contributed by atoms with van der Waals surface area (Å²) in [6.45, 7) is 6.68. The van der Waals surface area contributed by atoms with E-state index >= 15 is 0 Å². The van der Waals surface area contributed by atoms with Crippen LogP contribution in [0.1, 0.15) is 18.1 Å². The van der Waals surface area contributed by atoms with Gasteiger partial charge in [0.2, 0.25) is 0 Å². The van der Waals surface area contributed by atoms with Gasteiger partial charge in [0, 0.05) is 0 Å². The highest BCUT2D eigenvalue weighted by atomic mass is 14.8. The number of rotatable bonds is 3. The molecule has 0 unspecified atom stereocenters. The van der Waals surface area contributed by atoms with Crippen molar-refractivity contribution in [1.29, 1.82) is 0 Å². The summed E-state index contributed by atoms with van der Waals surface area (Å²) in [5.41, 5.74) is 13.7. The predicted octanol–water partition coefficient (Wildman–Crippen LogP) is -4.86. The summed E-state index contributed by atoms with van der Waals surface area (Å²) < 4.78 is 0. The molecule has 0 aliphatic heterocycles. The SMILES string of the molecule is BBc1c(B)c(C)c(/N=C(\C)N)c(B(B)B)c1C. The van der Waals surface area contributed by atoms with Crippen molar-refractivity contribution in [3.05, 3.63) is 11.1 Å². The van der Waals surface area contributed by atoms with Gasteiger partial charge >= 0.3 is 0 Å². The minimum Gasteiger partial charge on any atom is -0.387 e. The summed E-state index contributed by atoms with van der Waals surface area (Å²) in [5, 5.41) is 0. The fourth-order valence-corrected chi connectivity index (χ4v) is 2.78. The Bertz CT molecular complexity index is 494. The zero-order chi connectivity index (χ0) is 14.0. The van der Waals surface area contributed by atoms with Crippen molar-refractivity contribution in [3.8, 4) is 0 Å². The van der Waals surface area contributed by atoms with Gasteiger partial charge in [-0.1, -0.05) is 22.0 Å². The Kier molecular flexibility index (Phi) is 4.89. The van der Waals surface area contributed by atoms with Crippen molar-refractivity contribution >= 4 is 72.6 Å². The molecular formula is C10H20B6N2. The molecule has 0 heterocycles. The van der Waals surface area contributed by atoms with Crippen molar-refractivity contribution in [2.75, 3.05) is 0 Å². The van der Waals surface area contributed by atoms with Crippen LogP contribution in [-0.4, -0.2) is 50.6 Å². The number of nitrogens with zero attached hydrogens (tertiary/aromatic N) is 1. The molecule has 1 aromatic rings. The van der Waals surface area contributed by atoms with Gasteiger partial charge in [-0.25, -0.2) is 4.99 Å². The molecule has 1 rings (SSSR count). The summed E-state index contributed by atoms with van der Waals surface area (Å²) in [7, 11) is 9.93. The van der Waals surface area contributed by atoms with Gasteiger partial charge in [0.1, 0.15) is 21.5 Å². The molecular weight excluding hydrogens is 213 g/mol. The molecule has 8 heteroatoms. The number of amidine groups is 1. The molecule has 0 atom stereocenters. The largest absolute Gasteiger partial charge is 0.387 e. The van der Waals surface area contributed by atoms with Gasteiger partial charge in [-0.2, -0.15) is 0 Å². The molecule has 0 spiro atoms. The quantitative estimate of drug-likeness (QED) is 0.317. The summed E-state index contributed by atoms with van der Waals surface area (Å²) >= 11 is 0. The fraction of sp³-hybridized carbons (Fsp3) is 0.300. The topological polar surface area (TPSA) is 38.4 Å². The number of benzene rings is 1. The second kappa shape index (κ2) is 5.81. The maximum absolute atomic E-state index is 5.78. The molecule has 88 valence electrons. The maximum Gasteiger partial charge on any atom is 0.138 e. The van der Waals surface area contributed by atoms with Crippen LogP contribution in [0.5, 0.6) is 0 Å². The molecule has 0 saturated heterocycles. The first-order valence-corrected chi connectivity index (χ1v) is 6.74. The van der Waals surface area contributed by atoms with Crippen LogP contribution < -0.4 is 22.1 Å². The van der Waals surface area contributed by atoms with Crippen molar-refractivity contribution in [2.45, 2.75) is 20.8 Å². The molecule has 0 fully saturated rings. The second-order valence-corrected chi connectivity index (χ2v) is 5.38. The molecule has 0 aliphatic rings. The monoisotopic (exact) mass is 234 g/mol. The van der Waals surface area contributed by atoms with E-state index in [4.69, 9.17) is 5.73 Å². The van der Waals surface area contributed by atoms with E-state index in [9.17, 15) is 0 Å². The van der Waals surface area contributed by atoms with E-state index < -0.39 is 0 Å². The first-order chi connectivity index (χ1) is 8.31. The Labute approximate surface area is 115 Å². The fourth-order valence-electron chi connectivity index (χ4n) is 2.78. The second-order valence-electron chi connectivity index (χ2n) is 5.38. The van der Waals surface area contributed by atoms with Crippen LogP contribution in [0.2, 0.25) is 0 Å². The van der Waals surface area contributed by atoms with E-state index in [-0.39, 0.29) is 0 Å². The van der Waals surface area contributed by atoms with Crippen LogP contribution in [0.3, 0.4) is 0 Å². The Balaban J connectivity index is 3.74. The molecule has 0 aromatic heterocycles. The normalized spacial score (nSPS) is 11.4. The third-order valence-corrected chi connectivity index (χ3v) is 3.70. The standard InChI is InChI=1S/C10H20B6N2/c1-4-7(11)8(15-12)5(2)9(16(13)14)10(4)18-6(3)17/h15H,11-14H2,1-3H3,(H2,17,18). The van der Waals surface area contributed by atoms with Gasteiger partial charge in [0.05, 0.1) is 34.7 Å². The first-order valence-electron chi connectivity index (χ1n) is 6.74. The highest BCUT2D eigenvalue weighted by molar-refractivity contribution is 7.35. The molecule has 0 radical (unpaired) electrons. The molecule has 0 aliphatic carbocycles. The van der Waals surface area contributed by atoms with Crippen molar-refractivity contribution < 1.29 is 0 Å². The predicted molar refractivity (Wildman–Crippen MR) is 98.9 cm³/mol. The van der Waals surface area contributed by atoms with Gasteiger partial charge < -0.3 is 5.73 Å². The third kappa shape index (κ3) is 2.73. The number of aliphatic imine (C=N–C) groups is 1. The van der Waals surface area contributed by atoms with Crippen LogP contribution in [0.4, 0.5) is 5.69 Å². The maximum atomic E-state index is 5.78. The molecule has 18 heavy (non-hydrogen) atoms. The molecule has 2 nitrogen and oxygen atoms in total. The molecule has 0 saturated carbocycles. The van der Waals surface area contributed by atoms with E-state index in [1.54, 1.807) is 0 Å². The van der Waals surface area contributed by atoms with Crippen LogP contribution in [0.25, 0.3) is 0 Å². The number of nitrogens with two attached hydrogens (primary N) is 1. The van der Waals surface area contributed by atoms with E-state index in [1.807, 2.05) is 6.92 Å². The number of hydrogen-bond donors (Lipinski definition) is 1. The first kappa shape index (κ1) is 15.1. The van der Waals surface area contributed by atoms with Crippen LogP contribution in [-0.2, 0) is 0 Å². The lowest BCUT2D eigenvalue weighted by Gasteiger charge is -2.22. The minimum absolute atomic E-state index is 0.465. The molecule has 1 aromatic carbocycles. The van der Waals surface area contributed by atoms with Crippen molar-refractivity contribution in [2.24, 2.45) is 10.7 Å². The Morgan fingerprint density at radius 3 is 2.22 bits per heavy atom. The lowest BCUT2D eigenvalue weighted by molar-refractivity contribution is 1.39. The molecule has 2 N–H and O–H groups in total. The van der Waals surface area contributed by atoms with Crippen molar-refractivity contribution in [3.63, 3.8) is 0 Å². The van der Waals surface area contributed by atoms with Gasteiger partial charge in [0.25, 0.3) is 0 Å². The summed E-state index contributed by atoms with van der Waals surface area (Å²) in [6.07, 6.45) is 0. The summed E-state index contributed by atoms with van der Waals surface area (Å²) in [5.74, 6) is 0.628. The van der Waals surface area contributed by atoms with Gasteiger partial charge in [-0.3, -0.25) is 0 Å². The smallest absolute Gasteiger partial charge is 0.138 e. The van der Waals surface area contributed by atoms with E-state index in [0.717, 1.165) is 12.9 Å². The Hall–Kier alpha value is -0.920. The van der Waals surface area contributed by atoms with E-state index in [2.05, 4.69) is 49.9 Å². The third-order valence-electron chi connectivity index (χ3n) is 3.70. The van der Waals surface area contributed by atoms with Gasteiger partial charge in [0.15, 0.2) is 0 Å². The minimum atomic E-state index is 0.465. The van der Waals surface area contributed by atoms with Gasteiger partial charge in [-0.15, -0.1) is 0 Å². The van der Waals surface area contributed by atoms with E-state index in [1.165, 1.54) is 27.5 Å². The highest BCUT2D eigenvalue weighted by Gasteiger charge is 2.18. The Morgan fingerprint density at radius 1 is 1.28 bits per heavy atom.